The maximum absolute atomic E-state index is 13.8. The van der Waals surface area contributed by atoms with Crippen molar-refractivity contribution < 1.29 is 40.3 Å². The molecule has 1 unspecified atom stereocenters. The van der Waals surface area contributed by atoms with Gasteiger partial charge in [-0.2, -0.15) is 26.3 Å². The number of rotatable bonds is 3. The summed E-state index contributed by atoms with van der Waals surface area (Å²) >= 11 is 0. The van der Waals surface area contributed by atoms with Crippen LogP contribution < -0.4 is 11.1 Å². The molecule has 2 atom stereocenters. The molecule has 1 heterocycles. The number of piperazine rings is 1. The standard InChI is InChI=1S/C19H20F7N3O2/c1-17(15(30)28-4-5-29(17)16(27)31)14(10-6-11(7-10)18(21,22)23)9-2-3-13(20)12(8-9)19(24,25)26/h2-3,8,10-11,14H,4-7H2,1H3,(H2,27,31)(H,28,30)/t10?,11?,14-,17?/m0/s1. The zero-order chi connectivity index (χ0) is 23.4. The van der Waals surface area contributed by atoms with Crippen LogP contribution in [0.4, 0.5) is 35.5 Å². The summed E-state index contributed by atoms with van der Waals surface area (Å²) < 4.78 is 92.9. The molecule has 1 aliphatic carbocycles. The summed E-state index contributed by atoms with van der Waals surface area (Å²) in [7, 11) is 0. The number of halogens is 7. The molecule has 1 aromatic carbocycles. The Morgan fingerprint density at radius 2 is 1.84 bits per heavy atom. The maximum atomic E-state index is 13.8. The number of benzene rings is 1. The van der Waals surface area contributed by atoms with Crippen molar-refractivity contribution in [2.45, 2.75) is 43.6 Å². The van der Waals surface area contributed by atoms with Gasteiger partial charge in [0.15, 0.2) is 0 Å². The van der Waals surface area contributed by atoms with Gasteiger partial charge >= 0.3 is 18.4 Å². The number of nitrogens with zero attached hydrogens (tertiary/aromatic N) is 1. The summed E-state index contributed by atoms with van der Waals surface area (Å²) in [6, 6.07) is 1.02. The highest BCUT2D eigenvalue weighted by Gasteiger charge is 2.58. The summed E-state index contributed by atoms with van der Waals surface area (Å²) in [5, 5.41) is 2.50. The van der Waals surface area contributed by atoms with E-state index in [0.717, 1.165) is 11.0 Å². The second kappa shape index (κ2) is 7.56. The molecule has 12 heteroatoms. The number of alkyl halides is 6. The molecule has 2 fully saturated rings. The molecule has 3 rings (SSSR count). The number of carbonyl (C=O) groups excluding carboxylic acids is 2. The van der Waals surface area contributed by atoms with E-state index in [1.165, 1.54) is 6.92 Å². The Morgan fingerprint density at radius 1 is 1.23 bits per heavy atom. The zero-order valence-corrected chi connectivity index (χ0v) is 16.3. The molecule has 3 amide bonds. The van der Waals surface area contributed by atoms with Crippen LogP contribution >= 0.6 is 0 Å². The van der Waals surface area contributed by atoms with Crippen LogP contribution in [0.15, 0.2) is 18.2 Å². The molecule has 0 bridgehead atoms. The van der Waals surface area contributed by atoms with Gasteiger partial charge in [-0.3, -0.25) is 4.79 Å². The van der Waals surface area contributed by atoms with Gasteiger partial charge in [0.05, 0.1) is 11.5 Å². The number of amides is 3. The number of carbonyl (C=O) groups is 2. The number of hydrogen-bond donors (Lipinski definition) is 2. The van der Waals surface area contributed by atoms with Crippen molar-refractivity contribution in [2.24, 2.45) is 17.6 Å². The summed E-state index contributed by atoms with van der Waals surface area (Å²) in [6.07, 6.45) is -10.4. The number of nitrogens with one attached hydrogen (secondary N) is 1. The van der Waals surface area contributed by atoms with Gasteiger partial charge in [0.2, 0.25) is 5.91 Å². The quantitative estimate of drug-likeness (QED) is 0.681. The van der Waals surface area contributed by atoms with Gasteiger partial charge in [0.25, 0.3) is 0 Å². The molecule has 1 saturated carbocycles. The highest BCUT2D eigenvalue weighted by Crippen LogP contribution is 2.55. The molecule has 3 N–H and O–H groups in total. The Labute approximate surface area is 172 Å². The predicted octanol–water partition coefficient (Wildman–Crippen LogP) is 3.79. The number of nitrogens with two attached hydrogens (primary N) is 1. The molecule has 1 aromatic rings. The number of primary amides is 1. The molecule has 172 valence electrons. The predicted molar refractivity (Wildman–Crippen MR) is 94.1 cm³/mol. The summed E-state index contributed by atoms with van der Waals surface area (Å²) in [5.74, 6) is -6.13. The average Bonchev–Trinajstić information content (AvgIpc) is 2.58. The molecule has 31 heavy (non-hydrogen) atoms. The third kappa shape index (κ3) is 4.03. The monoisotopic (exact) mass is 455 g/mol. The highest BCUT2D eigenvalue weighted by atomic mass is 19.4. The van der Waals surface area contributed by atoms with E-state index in [-0.39, 0.29) is 18.7 Å². The van der Waals surface area contributed by atoms with Crippen LogP contribution in [-0.2, 0) is 11.0 Å². The first-order chi connectivity index (χ1) is 14.2. The van der Waals surface area contributed by atoms with Crippen molar-refractivity contribution in [3.05, 3.63) is 35.1 Å². The lowest BCUT2D eigenvalue weighted by Crippen LogP contribution is -2.69. The van der Waals surface area contributed by atoms with Crippen molar-refractivity contribution in [2.75, 3.05) is 13.1 Å². The van der Waals surface area contributed by atoms with Gasteiger partial charge in [-0.15, -0.1) is 0 Å². The highest BCUT2D eigenvalue weighted by molar-refractivity contribution is 5.92. The topological polar surface area (TPSA) is 75.4 Å². The SMILES string of the molecule is CC1([C@@H](c2ccc(F)c(C(F)(F)F)c2)C2CC(C(F)(F)F)C2)C(=O)NCCN1C(N)=O. The number of hydrogen-bond acceptors (Lipinski definition) is 2. The van der Waals surface area contributed by atoms with E-state index in [2.05, 4.69) is 5.32 Å². The fraction of sp³-hybridized carbons (Fsp3) is 0.579. The van der Waals surface area contributed by atoms with E-state index in [1.54, 1.807) is 0 Å². The normalized spacial score (nSPS) is 28.0. The van der Waals surface area contributed by atoms with Crippen molar-refractivity contribution >= 4 is 11.9 Å². The van der Waals surface area contributed by atoms with E-state index in [1.807, 2.05) is 0 Å². The second-order valence-corrected chi connectivity index (χ2v) is 8.08. The van der Waals surface area contributed by atoms with Crippen LogP contribution in [0.25, 0.3) is 0 Å². The summed E-state index contributed by atoms with van der Waals surface area (Å²) in [4.78, 5) is 25.8. The molecular formula is C19H20F7N3O2. The molecule has 1 aliphatic heterocycles. The van der Waals surface area contributed by atoms with Gasteiger partial charge in [-0.1, -0.05) is 6.07 Å². The second-order valence-electron chi connectivity index (χ2n) is 8.08. The summed E-state index contributed by atoms with van der Waals surface area (Å²) in [5.41, 5.74) is 1.74. The van der Waals surface area contributed by atoms with E-state index >= 15 is 0 Å². The van der Waals surface area contributed by atoms with Gasteiger partial charge in [-0.05, 0) is 43.4 Å². The van der Waals surface area contributed by atoms with Crippen LogP contribution in [0.5, 0.6) is 0 Å². The lowest BCUT2D eigenvalue weighted by atomic mass is 9.59. The first-order valence-electron chi connectivity index (χ1n) is 9.46. The Balaban J connectivity index is 2.13. The zero-order valence-electron chi connectivity index (χ0n) is 16.3. The van der Waals surface area contributed by atoms with Crippen molar-refractivity contribution in [3.63, 3.8) is 0 Å². The first-order valence-corrected chi connectivity index (χ1v) is 9.46. The van der Waals surface area contributed by atoms with Gasteiger partial charge in [0.1, 0.15) is 11.4 Å². The van der Waals surface area contributed by atoms with Crippen molar-refractivity contribution in [1.29, 1.82) is 0 Å². The van der Waals surface area contributed by atoms with Gasteiger partial charge in [0, 0.05) is 19.0 Å². The van der Waals surface area contributed by atoms with E-state index < -0.39 is 71.8 Å². The first kappa shape index (κ1) is 23.1. The molecule has 2 aliphatic rings. The fourth-order valence-electron chi connectivity index (χ4n) is 4.67. The minimum Gasteiger partial charge on any atom is -0.352 e. The lowest BCUT2D eigenvalue weighted by molar-refractivity contribution is -0.209. The third-order valence-electron chi connectivity index (χ3n) is 6.28. The average molecular weight is 455 g/mol. The van der Waals surface area contributed by atoms with Crippen LogP contribution in [0.3, 0.4) is 0 Å². The van der Waals surface area contributed by atoms with Crippen LogP contribution in [0, 0.1) is 17.7 Å². The largest absolute Gasteiger partial charge is 0.419 e. The smallest absolute Gasteiger partial charge is 0.352 e. The summed E-state index contributed by atoms with van der Waals surface area (Å²) in [6.45, 7) is 1.21. The minimum atomic E-state index is -5.06. The molecule has 5 nitrogen and oxygen atoms in total. The van der Waals surface area contributed by atoms with Crippen molar-refractivity contribution in [1.82, 2.24) is 10.2 Å². The van der Waals surface area contributed by atoms with Gasteiger partial charge in [-0.25, -0.2) is 9.18 Å². The number of urea groups is 1. The molecule has 0 aromatic heterocycles. The van der Waals surface area contributed by atoms with Crippen LogP contribution in [0.2, 0.25) is 0 Å². The Hall–Kier alpha value is -2.53. The maximum Gasteiger partial charge on any atom is 0.419 e. The Kier molecular flexibility index (Phi) is 5.64. The van der Waals surface area contributed by atoms with Crippen LogP contribution in [0.1, 0.15) is 36.8 Å². The van der Waals surface area contributed by atoms with Crippen LogP contribution in [-0.4, -0.2) is 41.6 Å². The van der Waals surface area contributed by atoms with E-state index in [4.69, 9.17) is 5.73 Å². The van der Waals surface area contributed by atoms with Gasteiger partial charge < -0.3 is 16.0 Å². The van der Waals surface area contributed by atoms with E-state index in [9.17, 15) is 40.3 Å². The third-order valence-corrected chi connectivity index (χ3v) is 6.28. The lowest BCUT2D eigenvalue weighted by Gasteiger charge is -2.53. The fourth-order valence-corrected chi connectivity index (χ4v) is 4.67. The minimum absolute atomic E-state index is 0.0249. The molecule has 0 spiro atoms. The van der Waals surface area contributed by atoms with E-state index in [0.29, 0.717) is 12.1 Å². The molecule has 1 saturated heterocycles. The Morgan fingerprint density at radius 3 is 2.35 bits per heavy atom. The molecule has 0 radical (unpaired) electrons. The Bertz CT molecular complexity index is 880. The molecular weight excluding hydrogens is 435 g/mol. The van der Waals surface area contributed by atoms with Crippen molar-refractivity contribution in [3.8, 4) is 0 Å².